The molecule has 2 aliphatic rings. The molecule has 2 heterocycles. The number of benzene rings is 2. The van der Waals surface area contributed by atoms with Crippen molar-refractivity contribution in [2.24, 2.45) is 4.99 Å². The molecular weight excluding hydrogens is 392 g/mol. The van der Waals surface area contributed by atoms with Gasteiger partial charge in [-0.1, -0.05) is 47.6 Å². The number of halogens is 1. The first-order chi connectivity index (χ1) is 12.4. The lowest BCUT2D eigenvalue weighted by Gasteiger charge is -2.24. The molecule has 0 bridgehead atoms. The van der Waals surface area contributed by atoms with Crippen LogP contribution in [0.2, 0.25) is 5.02 Å². The molecule has 0 radical (unpaired) electrons. The number of rotatable bonds is 2. The molecule has 0 saturated carbocycles. The molecule has 5 nitrogen and oxygen atoms in total. The van der Waals surface area contributed by atoms with Crippen LogP contribution in [0, 0.1) is 0 Å². The smallest absolute Gasteiger partial charge is 0.279 e. The summed E-state index contributed by atoms with van der Waals surface area (Å²) in [5, 5.41) is 0.929. The Morgan fingerprint density at radius 3 is 2.62 bits per heavy atom. The van der Waals surface area contributed by atoms with Crippen LogP contribution in [0.25, 0.3) is 0 Å². The molecule has 134 valence electrons. The van der Waals surface area contributed by atoms with Crippen LogP contribution in [0.15, 0.2) is 59.6 Å². The van der Waals surface area contributed by atoms with Gasteiger partial charge in [0.1, 0.15) is 0 Å². The normalized spacial score (nSPS) is 25.4. The zero-order chi connectivity index (χ0) is 18.3. The number of hydrogen-bond acceptors (Lipinski definition) is 4. The van der Waals surface area contributed by atoms with E-state index in [4.69, 9.17) is 11.6 Å². The number of nitrogens with zero attached hydrogens (tertiary/aromatic N) is 2. The van der Waals surface area contributed by atoms with Crippen LogP contribution in [0.4, 0.5) is 5.69 Å². The zero-order valence-electron chi connectivity index (χ0n) is 13.6. The highest BCUT2D eigenvalue weighted by Gasteiger charge is 2.49. The molecule has 26 heavy (non-hydrogen) atoms. The van der Waals surface area contributed by atoms with Gasteiger partial charge in [-0.2, -0.15) is 4.99 Å². The molecule has 0 aromatic heterocycles. The fraction of sp³-hybridized carbons (Fsp3) is 0.222. The van der Waals surface area contributed by atoms with Gasteiger partial charge in [0.25, 0.3) is 5.91 Å². The Hall–Kier alpha value is -1.83. The molecule has 0 unspecified atom stereocenters. The minimum atomic E-state index is -3.10. The van der Waals surface area contributed by atoms with Crippen molar-refractivity contribution >= 4 is 50.0 Å². The summed E-state index contributed by atoms with van der Waals surface area (Å²) in [6.07, 6.45) is 0. The monoisotopic (exact) mass is 406 g/mol. The molecule has 0 spiro atoms. The van der Waals surface area contributed by atoms with E-state index in [-0.39, 0.29) is 28.7 Å². The second kappa shape index (κ2) is 6.72. The lowest BCUT2D eigenvalue weighted by Crippen LogP contribution is -2.37. The molecule has 2 aromatic carbocycles. The molecule has 2 aliphatic heterocycles. The summed E-state index contributed by atoms with van der Waals surface area (Å²) in [4.78, 5) is 18.7. The lowest BCUT2D eigenvalue weighted by atomic mass is 10.2. The van der Waals surface area contributed by atoms with Crippen molar-refractivity contribution < 1.29 is 13.2 Å². The van der Waals surface area contributed by atoms with E-state index in [2.05, 4.69) is 4.99 Å². The summed E-state index contributed by atoms with van der Waals surface area (Å²) in [6.45, 7) is 0. The molecule has 0 N–H and O–H groups in total. The van der Waals surface area contributed by atoms with Crippen LogP contribution in [-0.2, 0) is 9.84 Å². The maximum atomic E-state index is 12.5. The third-order valence-electron chi connectivity index (χ3n) is 4.37. The molecule has 8 heteroatoms. The number of amidine groups is 1. The Morgan fingerprint density at radius 2 is 1.88 bits per heavy atom. The fourth-order valence-corrected chi connectivity index (χ4v) is 7.32. The van der Waals surface area contributed by atoms with E-state index in [1.54, 1.807) is 42.5 Å². The van der Waals surface area contributed by atoms with Crippen molar-refractivity contribution in [2.75, 3.05) is 16.4 Å². The number of anilines is 1. The van der Waals surface area contributed by atoms with E-state index in [0.717, 1.165) is 5.69 Å². The van der Waals surface area contributed by atoms with E-state index < -0.39 is 9.84 Å². The van der Waals surface area contributed by atoms with Crippen LogP contribution < -0.4 is 4.90 Å². The fourth-order valence-electron chi connectivity index (χ4n) is 3.22. The quantitative estimate of drug-likeness (QED) is 0.765. The second-order valence-corrected chi connectivity index (χ2v) is 10.0. The molecule has 2 fully saturated rings. The van der Waals surface area contributed by atoms with Gasteiger partial charge in [-0.25, -0.2) is 8.42 Å². The van der Waals surface area contributed by atoms with Crippen molar-refractivity contribution in [2.45, 2.75) is 11.3 Å². The molecule has 1 amide bonds. The predicted molar refractivity (Wildman–Crippen MR) is 106 cm³/mol. The standard InChI is InChI=1S/C18H15ClN2O3S2/c19-13-7-4-8-14(9-13)21-15-10-26(23,24)11-16(15)25-18(21)20-17(22)12-5-2-1-3-6-12/h1-9,15-16H,10-11H2/t15-,16+/m0/s1. The summed E-state index contributed by atoms with van der Waals surface area (Å²) in [6, 6.07) is 15.7. The van der Waals surface area contributed by atoms with E-state index in [1.807, 2.05) is 17.0 Å². The third-order valence-corrected chi connectivity index (χ3v) is 7.82. The van der Waals surface area contributed by atoms with Crippen molar-refractivity contribution in [3.63, 3.8) is 0 Å². The van der Waals surface area contributed by atoms with Crippen LogP contribution in [-0.4, -0.2) is 42.3 Å². The van der Waals surface area contributed by atoms with Gasteiger partial charge in [0.15, 0.2) is 15.0 Å². The number of fused-ring (bicyclic) bond motifs is 1. The second-order valence-electron chi connectivity index (χ2n) is 6.22. The molecule has 2 aromatic rings. The summed E-state index contributed by atoms with van der Waals surface area (Å²) in [5.74, 6) is -0.198. The van der Waals surface area contributed by atoms with Gasteiger partial charge in [0, 0.05) is 21.5 Å². The summed E-state index contributed by atoms with van der Waals surface area (Å²) in [5.41, 5.74) is 1.24. The number of aliphatic imine (C=N–C) groups is 1. The Morgan fingerprint density at radius 1 is 1.12 bits per heavy atom. The zero-order valence-corrected chi connectivity index (χ0v) is 16.0. The van der Waals surface area contributed by atoms with Gasteiger partial charge >= 0.3 is 0 Å². The minimum absolute atomic E-state index is 0.0513. The average Bonchev–Trinajstić information content (AvgIpc) is 3.06. The maximum Gasteiger partial charge on any atom is 0.279 e. The van der Waals surface area contributed by atoms with Crippen molar-refractivity contribution in [1.82, 2.24) is 0 Å². The topological polar surface area (TPSA) is 66.8 Å². The number of hydrogen-bond donors (Lipinski definition) is 0. The van der Waals surface area contributed by atoms with Gasteiger partial charge in [0.2, 0.25) is 0 Å². The largest absolute Gasteiger partial charge is 0.316 e. The predicted octanol–water partition coefficient (Wildman–Crippen LogP) is 3.26. The number of amides is 1. The summed E-state index contributed by atoms with van der Waals surface area (Å²) in [7, 11) is -3.10. The molecule has 4 rings (SSSR count). The Balaban J connectivity index is 1.74. The number of carbonyl (C=O) groups is 1. The Kier molecular flexibility index (Phi) is 4.54. The van der Waals surface area contributed by atoms with Crippen molar-refractivity contribution in [3.8, 4) is 0 Å². The summed E-state index contributed by atoms with van der Waals surface area (Å²) < 4.78 is 24.1. The summed E-state index contributed by atoms with van der Waals surface area (Å²) >= 11 is 7.46. The minimum Gasteiger partial charge on any atom is -0.316 e. The van der Waals surface area contributed by atoms with Gasteiger partial charge < -0.3 is 4.90 Å². The molecule has 2 saturated heterocycles. The Bertz CT molecular complexity index is 993. The van der Waals surface area contributed by atoms with Gasteiger partial charge in [-0.05, 0) is 30.3 Å². The van der Waals surface area contributed by atoms with Crippen LogP contribution in [0.5, 0.6) is 0 Å². The number of thioether (sulfide) groups is 1. The van der Waals surface area contributed by atoms with E-state index in [1.165, 1.54) is 11.8 Å². The Labute approximate surface area is 161 Å². The maximum absolute atomic E-state index is 12.5. The van der Waals surface area contributed by atoms with Gasteiger partial charge in [-0.3, -0.25) is 4.79 Å². The van der Waals surface area contributed by atoms with E-state index >= 15 is 0 Å². The first kappa shape index (κ1) is 17.6. The van der Waals surface area contributed by atoms with Crippen LogP contribution >= 0.6 is 23.4 Å². The highest BCUT2D eigenvalue weighted by atomic mass is 35.5. The average molecular weight is 407 g/mol. The number of sulfone groups is 1. The molecule has 2 atom stereocenters. The van der Waals surface area contributed by atoms with Gasteiger partial charge in [0.05, 0.1) is 17.5 Å². The van der Waals surface area contributed by atoms with Gasteiger partial charge in [-0.15, -0.1) is 0 Å². The van der Waals surface area contributed by atoms with Crippen molar-refractivity contribution in [3.05, 3.63) is 65.2 Å². The SMILES string of the molecule is O=C(N=C1S[C@@H]2CS(=O)(=O)C[C@@H]2N1c1cccc(Cl)c1)c1ccccc1. The van der Waals surface area contributed by atoms with Crippen LogP contribution in [0.3, 0.4) is 0 Å². The third kappa shape index (κ3) is 3.39. The first-order valence-electron chi connectivity index (χ1n) is 8.03. The van der Waals surface area contributed by atoms with Crippen molar-refractivity contribution in [1.29, 1.82) is 0 Å². The van der Waals surface area contributed by atoms with E-state index in [9.17, 15) is 13.2 Å². The van der Waals surface area contributed by atoms with E-state index in [0.29, 0.717) is 15.8 Å². The number of carbonyl (C=O) groups excluding carboxylic acids is 1. The molecular formula is C18H15ClN2O3S2. The van der Waals surface area contributed by atoms with Crippen LogP contribution in [0.1, 0.15) is 10.4 Å². The molecule has 0 aliphatic carbocycles. The lowest BCUT2D eigenvalue weighted by molar-refractivity contribution is 0.100. The first-order valence-corrected chi connectivity index (χ1v) is 11.1. The highest BCUT2D eigenvalue weighted by Crippen LogP contribution is 2.41. The highest BCUT2D eigenvalue weighted by molar-refractivity contribution is 8.16.